The number of β-amino-alcohol motifs (C(OH)–C–C–N with tert-alkyl or cyclic N) is 1. The standard InChI is InChI=1S/C21H21F4NO4/c1-19(2,14-9-13(22)7-8-16(14)27)11-20(29,21(23,24)25)12-26-10-18(28)30-17-6-4-3-5-15(17)26/h3-9,27,29H,10-12H2,1-2H3. The molecule has 2 N–H and O–H groups in total. The van der Waals surface area contributed by atoms with Crippen molar-refractivity contribution in [3.05, 3.63) is 53.8 Å². The normalized spacial score (nSPS) is 16.6. The van der Waals surface area contributed by atoms with E-state index >= 15 is 0 Å². The fourth-order valence-corrected chi connectivity index (χ4v) is 3.78. The molecule has 162 valence electrons. The Balaban J connectivity index is 1.98. The number of carbonyl (C=O) groups excluding carboxylic acids is 1. The summed E-state index contributed by atoms with van der Waals surface area (Å²) < 4.78 is 60.8. The Morgan fingerprint density at radius 3 is 2.47 bits per heavy atom. The van der Waals surface area contributed by atoms with Gasteiger partial charge < -0.3 is 19.8 Å². The molecule has 3 rings (SSSR count). The Morgan fingerprint density at radius 2 is 1.80 bits per heavy atom. The van der Waals surface area contributed by atoms with E-state index in [2.05, 4.69) is 0 Å². The van der Waals surface area contributed by atoms with E-state index in [4.69, 9.17) is 4.74 Å². The van der Waals surface area contributed by atoms with E-state index < -0.39 is 48.5 Å². The van der Waals surface area contributed by atoms with Crippen LogP contribution in [0.1, 0.15) is 25.8 Å². The molecule has 2 aromatic carbocycles. The number of esters is 1. The fourth-order valence-electron chi connectivity index (χ4n) is 3.78. The van der Waals surface area contributed by atoms with Gasteiger partial charge in [0.25, 0.3) is 0 Å². The average Bonchev–Trinajstić information content (AvgIpc) is 2.62. The Kier molecular flexibility index (Phi) is 5.44. The third kappa shape index (κ3) is 4.21. The zero-order valence-electron chi connectivity index (χ0n) is 16.3. The molecule has 1 aliphatic rings. The van der Waals surface area contributed by atoms with Gasteiger partial charge >= 0.3 is 12.1 Å². The lowest BCUT2D eigenvalue weighted by Crippen LogP contribution is -2.57. The second kappa shape index (κ2) is 7.46. The summed E-state index contributed by atoms with van der Waals surface area (Å²) >= 11 is 0. The first-order valence-corrected chi connectivity index (χ1v) is 9.15. The van der Waals surface area contributed by atoms with Crippen molar-refractivity contribution in [3.63, 3.8) is 0 Å². The Labute approximate surface area is 170 Å². The summed E-state index contributed by atoms with van der Waals surface area (Å²) in [5.41, 5.74) is -4.54. The first kappa shape index (κ1) is 21.9. The summed E-state index contributed by atoms with van der Waals surface area (Å²) in [5.74, 6) is -1.75. The molecule has 1 atom stereocenters. The van der Waals surface area contributed by atoms with Crippen molar-refractivity contribution < 1.29 is 37.3 Å². The number of para-hydroxylation sites is 2. The van der Waals surface area contributed by atoms with Crippen molar-refractivity contribution in [2.24, 2.45) is 0 Å². The minimum atomic E-state index is -5.07. The lowest BCUT2D eigenvalue weighted by Gasteiger charge is -2.42. The molecule has 0 fully saturated rings. The highest BCUT2D eigenvalue weighted by Crippen LogP contribution is 2.45. The van der Waals surface area contributed by atoms with Crippen LogP contribution in [0.25, 0.3) is 0 Å². The van der Waals surface area contributed by atoms with E-state index in [0.717, 1.165) is 23.1 Å². The number of rotatable bonds is 5. The first-order valence-electron chi connectivity index (χ1n) is 9.15. The zero-order valence-corrected chi connectivity index (χ0v) is 16.3. The SMILES string of the molecule is CC(C)(CC(O)(CN1CC(=O)Oc2ccccc21)C(F)(F)F)c1cc(F)ccc1O. The Hall–Kier alpha value is -2.81. The van der Waals surface area contributed by atoms with Crippen molar-refractivity contribution in [1.82, 2.24) is 0 Å². The predicted octanol–water partition coefficient (Wildman–Crippen LogP) is 3.92. The second-order valence-corrected chi connectivity index (χ2v) is 8.05. The van der Waals surface area contributed by atoms with Crippen LogP contribution in [0, 0.1) is 5.82 Å². The number of phenolic OH excluding ortho intramolecular Hbond substituents is 1. The third-order valence-corrected chi connectivity index (χ3v) is 5.15. The van der Waals surface area contributed by atoms with Crippen LogP contribution in [0.2, 0.25) is 0 Å². The van der Waals surface area contributed by atoms with Crippen LogP contribution < -0.4 is 9.64 Å². The van der Waals surface area contributed by atoms with Gasteiger partial charge in [0, 0.05) is 5.56 Å². The topological polar surface area (TPSA) is 70.0 Å². The number of benzene rings is 2. The van der Waals surface area contributed by atoms with Crippen molar-refractivity contribution in [2.75, 3.05) is 18.0 Å². The molecule has 1 heterocycles. The number of aliphatic hydroxyl groups is 1. The minimum absolute atomic E-state index is 0.0661. The Morgan fingerprint density at radius 1 is 1.13 bits per heavy atom. The molecule has 0 radical (unpaired) electrons. The largest absolute Gasteiger partial charge is 0.508 e. The number of alkyl halides is 3. The van der Waals surface area contributed by atoms with E-state index in [9.17, 15) is 32.6 Å². The van der Waals surface area contributed by atoms with Crippen molar-refractivity contribution in [3.8, 4) is 11.5 Å². The summed E-state index contributed by atoms with van der Waals surface area (Å²) in [6.45, 7) is 1.33. The fraction of sp³-hybridized carbons (Fsp3) is 0.381. The summed E-state index contributed by atoms with van der Waals surface area (Å²) in [7, 11) is 0. The van der Waals surface area contributed by atoms with Crippen LogP contribution in [0.15, 0.2) is 42.5 Å². The summed E-state index contributed by atoms with van der Waals surface area (Å²) in [6, 6.07) is 9.06. The number of phenols is 1. The van der Waals surface area contributed by atoms with Gasteiger partial charge in [-0.05, 0) is 42.2 Å². The van der Waals surface area contributed by atoms with Gasteiger partial charge in [0.1, 0.15) is 18.1 Å². The van der Waals surface area contributed by atoms with Crippen LogP contribution in [0.4, 0.5) is 23.2 Å². The number of aromatic hydroxyl groups is 1. The number of hydrogen-bond acceptors (Lipinski definition) is 5. The van der Waals surface area contributed by atoms with Gasteiger partial charge in [-0.25, -0.2) is 9.18 Å². The molecule has 1 aliphatic heterocycles. The summed E-state index contributed by atoms with van der Waals surface area (Å²) in [4.78, 5) is 13.0. The minimum Gasteiger partial charge on any atom is -0.508 e. The van der Waals surface area contributed by atoms with E-state index in [0.29, 0.717) is 0 Å². The molecule has 2 aromatic rings. The number of ether oxygens (including phenoxy) is 1. The van der Waals surface area contributed by atoms with Gasteiger partial charge in [-0.15, -0.1) is 0 Å². The van der Waals surface area contributed by atoms with Gasteiger partial charge in [-0.1, -0.05) is 26.0 Å². The van der Waals surface area contributed by atoms with E-state index in [1.54, 1.807) is 12.1 Å². The molecule has 0 saturated carbocycles. The Bertz CT molecular complexity index is 960. The lowest BCUT2D eigenvalue weighted by molar-refractivity contribution is -0.262. The van der Waals surface area contributed by atoms with Crippen LogP contribution >= 0.6 is 0 Å². The van der Waals surface area contributed by atoms with Crippen molar-refractivity contribution in [2.45, 2.75) is 37.5 Å². The highest BCUT2D eigenvalue weighted by atomic mass is 19.4. The molecule has 0 aromatic heterocycles. The van der Waals surface area contributed by atoms with Crippen LogP contribution in [-0.2, 0) is 10.2 Å². The monoisotopic (exact) mass is 427 g/mol. The lowest BCUT2D eigenvalue weighted by atomic mass is 9.74. The molecule has 1 unspecified atom stereocenters. The van der Waals surface area contributed by atoms with Crippen molar-refractivity contribution >= 4 is 11.7 Å². The maximum absolute atomic E-state index is 14.0. The smallest absolute Gasteiger partial charge is 0.418 e. The number of halogens is 4. The molecule has 0 amide bonds. The van der Waals surface area contributed by atoms with Gasteiger partial charge in [0.05, 0.1) is 12.2 Å². The second-order valence-electron chi connectivity index (χ2n) is 8.05. The highest BCUT2D eigenvalue weighted by molar-refractivity contribution is 5.84. The number of carbonyl (C=O) groups is 1. The summed E-state index contributed by atoms with van der Waals surface area (Å²) in [6.07, 6.45) is -5.95. The van der Waals surface area contributed by atoms with Gasteiger partial charge in [0.15, 0.2) is 11.4 Å². The molecule has 0 spiro atoms. The average molecular weight is 427 g/mol. The number of hydrogen-bond donors (Lipinski definition) is 2. The number of nitrogens with zero attached hydrogens (tertiary/aromatic N) is 1. The molecule has 0 bridgehead atoms. The third-order valence-electron chi connectivity index (χ3n) is 5.15. The van der Waals surface area contributed by atoms with Crippen molar-refractivity contribution in [1.29, 1.82) is 0 Å². The van der Waals surface area contributed by atoms with Gasteiger partial charge in [0.2, 0.25) is 0 Å². The molecular formula is C21H21F4NO4. The highest BCUT2D eigenvalue weighted by Gasteiger charge is 2.57. The van der Waals surface area contributed by atoms with E-state index in [1.165, 1.54) is 26.0 Å². The van der Waals surface area contributed by atoms with Crippen LogP contribution in [0.3, 0.4) is 0 Å². The number of fused-ring (bicyclic) bond motifs is 1. The maximum Gasteiger partial charge on any atom is 0.418 e. The first-order chi connectivity index (χ1) is 13.8. The molecular weight excluding hydrogens is 406 g/mol. The molecule has 0 saturated heterocycles. The van der Waals surface area contributed by atoms with Crippen LogP contribution in [0.5, 0.6) is 11.5 Å². The quantitative estimate of drug-likeness (QED) is 0.430. The van der Waals surface area contributed by atoms with E-state index in [1.807, 2.05) is 0 Å². The number of anilines is 1. The van der Waals surface area contributed by atoms with Crippen LogP contribution in [-0.4, -0.2) is 41.0 Å². The molecule has 9 heteroatoms. The predicted molar refractivity (Wildman–Crippen MR) is 101 cm³/mol. The summed E-state index contributed by atoms with van der Waals surface area (Å²) in [5, 5.41) is 20.8. The van der Waals surface area contributed by atoms with Gasteiger partial charge in [-0.2, -0.15) is 13.2 Å². The zero-order chi connectivity index (χ0) is 22.3. The van der Waals surface area contributed by atoms with Gasteiger partial charge in [-0.3, -0.25) is 0 Å². The van der Waals surface area contributed by atoms with E-state index in [-0.39, 0.29) is 22.7 Å². The molecule has 5 nitrogen and oxygen atoms in total. The maximum atomic E-state index is 14.0. The molecule has 0 aliphatic carbocycles. The molecule has 30 heavy (non-hydrogen) atoms.